The van der Waals surface area contributed by atoms with Gasteiger partial charge in [-0.25, -0.2) is 9.78 Å². The minimum Gasteiger partial charge on any atom is -0.481 e. The van der Waals surface area contributed by atoms with Gasteiger partial charge in [-0.05, 0) is 22.3 Å². The van der Waals surface area contributed by atoms with Gasteiger partial charge in [0.15, 0.2) is 0 Å². The van der Waals surface area contributed by atoms with Crippen molar-refractivity contribution in [1.82, 2.24) is 10.3 Å². The summed E-state index contributed by atoms with van der Waals surface area (Å²) in [4.78, 5) is 27.6. The molecule has 1 heterocycles. The van der Waals surface area contributed by atoms with Crippen molar-refractivity contribution >= 4 is 23.4 Å². The molecule has 7 heteroatoms. The number of alkyl carbamates (subject to hydrolysis) is 1. The van der Waals surface area contributed by atoms with Gasteiger partial charge in [-0.2, -0.15) is 0 Å². The number of amides is 1. The Labute approximate surface area is 165 Å². The predicted molar refractivity (Wildman–Crippen MR) is 105 cm³/mol. The lowest BCUT2D eigenvalue weighted by Gasteiger charge is -2.17. The number of carbonyl (C=O) groups is 2. The van der Waals surface area contributed by atoms with Gasteiger partial charge in [0, 0.05) is 11.3 Å². The third-order valence-electron chi connectivity index (χ3n) is 4.82. The maximum atomic E-state index is 12.4. The standard InChI is InChI=1S/C21H18N2O4S/c24-20(25)9-18(19-11-28-12-22-19)23-21(26)27-10-17-15-7-3-1-5-13(15)14-6-2-4-8-16(14)17/h1-8,11-12,17-18H,9-10H2,(H,23,26)(H,24,25)/t18-/m1/s1. The van der Waals surface area contributed by atoms with E-state index < -0.39 is 18.1 Å². The Morgan fingerprint density at radius 1 is 1.11 bits per heavy atom. The zero-order valence-corrected chi connectivity index (χ0v) is 15.7. The highest BCUT2D eigenvalue weighted by atomic mass is 32.1. The summed E-state index contributed by atoms with van der Waals surface area (Å²) in [6.45, 7) is 0.177. The lowest BCUT2D eigenvalue weighted by molar-refractivity contribution is -0.137. The number of carbonyl (C=O) groups excluding carboxylic acids is 1. The first-order valence-corrected chi connectivity index (χ1v) is 9.79. The molecule has 2 aromatic carbocycles. The summed E-state index contributed by atoms with van der Waals surface area (Å²) in [5.74, 6) is -1.06. The van der Waals surface area contributed by atoms with Crippen LogP contribution in [0.25, 0.3) is 11.1 Å². The molecule has 1 aliphatic rings. The van der Waals surface area contributed by atoms with Crippen molar-refractivity contribution in [2.45, 2.75) is 18.4 Å². The number of benzene rings is 2. The van der Waals surface area contributed by atoms with Crippen molar-refractivity contribution in [2.75, 3.05) is 6.61 Å². The molecule has 0 unspecified atom stereocenters. The molecule has 0 saturated carbocycles. The number of aliphatic carboxylic acids is 1. The predicted octanol–water partition coefficient (Wildman–Crippen LogP) is 4.20. The lowest BCUT2D eigenvalue weighted by atomic mass is 9.98. The summed E-state index contributed by atoms with van der Waals surface area (Å²) in [5.41, 5.74) is 6.66. The third-order valence-corrected chi connectivity index (χ3v) is 5.43. The average Bonchev–Trinajstić information content (AvgIpc) is 3.32. The molecule has 142 valence electrons. The van der Waals surface area contributed by atoms with Crippen molar-refractivity contribution in [3.63, 3.8) is 0 Å². The number of fused-ring (bicyclic) bond motifs is 3. The van der Waals surface area contributed by atoms with Crippen LogP contribution in [0, 0.1) is 0 Å². The van der Waals surface area contributed by atoms with E-state index >= 15 is 0 Å². The van der Waals surface area contributed by atoms with Crippen LogP contribution in [0.4, 0.5) is 4.79 Å². The van der Waals surface area contributed by atoms with Crippen molar-refractivity contribution in [3.8, 4) is 11.1 Å². The monoisotopic (exact) mass is 394 g/mol. The number of ether oxygens (including phenoxy) is 1. The normalized spacial score (nSPS) is 13.4. The Bertz CT molecular complexity index is 958. The first kappa shape index (κ1) is 18.2. The minimum absolute atomic E-state index is 0.0460. The summed E-state index contributed by atoms with van der Waals surface area (Å²) in [7, 11) is 0. The Kier molecular flexibility index (Phi) is 5.08. The van der Waals surface area contributed by atoms with Crippen LogP contribution in [-0.2, 0) is 9.53 Å². The second kappa shape index (κ2) is 7.82. The molecule has 0 bridgehead atoms. The molecule has 0 saturated heterocycles. The molecular formula is C21H18N2O4S. The fraction of sp³-hybridized carbons (Fsp3) is 0.190. The van der Waals surface area contributed by atoms with Gasteiger partial charge in [0.1, 0.15) is 6.61 Å². The summed E-state index contributed by atoms with van der Waals surface area (Å²) >= 11 is 1.34. The Morgan fingerprint density at radius 3 is 2.32 bits per heavy atom. The number of thiazole rings is 1. The zero-order chi connectivity index (χ0) is 19.5. The molecule has 1 aromatic heterocycles. The molecule has 0 spiro atoms. The quantitative estimate of drug-likeness (QED) is 0.654. The molecule has 3 aromatic rings. The number of nitrogens with zero attached hydrogens (tertiary/aromatic N) is 1. The van der Waals surface area contributed by atoms with Crippen LogP contribution in [0.1, 0.15) is 35.2 Å². The smallest absolute Gasteiger partial charge is 0.407 e. The summed E-state index contributed by atoms with van der Waals surface area (Å²) in [6, 6.07) is 15.4. The summed E-state index contributed by atoms with van der Waals surface area (Å²) in [5, 5.41) is 13.4. The summed E-state index contributed by atoms with van der Waals surface area (Å²) in [6.07, 6.45) is -0.908. The van der Waals surface area contributed by atoms with E-state index in [0.29, 0.717) is 5.69 Å². The van der Waals surface area contributed by atoms with Gasteiger partial charge in [-0.1, -0.05) is 48.5 Å². The van der Waals surface area contributed by atoms with Gasteiger partial charge in [-0.15, -0.1) is 11.3 Å². The number of hydrogen-bond donors (Lipinski definition) is 2. The van der Waals surface area contributed by atoms with Gasteiger partial charge in [0.2, 0.25) is 0 Å². The minimum atomic E-state index is -1.02. The maximum Gasteiger partial charge on any atom is 0.407 e. The first-order valence-electron chi connectivity index (χ1n) is 8.85. The van der Waals surface area contributed by atoms with Crippen molar-refractivity contribution < 1.29 is 19.4 Å². The van der Waals surface area contributed by atoms with E-state index in [1.807, 2.05) is 36.4 Å². The maximum absolute atomic E-state index is 12.4. The van der Waals surface area contributed by atoms with E-state index in [9.17, 15) is 9.59 Å². The second-order valence-electron chi connectivity index (χ2n) is 6.53. The third kappa shape index (κ3) is 3.61. The van der Waals surface area contributed by atoms with Gasteiger partial charge in [-0.3, -0.25) is 4.79 Å². The number of aromatic nitrogens is 1. The van der Waals surface area contributed by atoms with E-state index in [1.54, 1.807) is 10.9 Å². The van der Waals surface area contributed by atoms with E-state index in [-0.39, 0.29) is 18.9 Å². The van der Waals surface area contributed by atoms with Gasteiger partial charge >= 0.3 is 12.1 Å². The number of carboxylic acids is 1. The summed E-state index contributed by atoms with van der Waals surface area (Å²) < 4.78 is 5.48. The SMILES string of the molecule is O=C(O)C[C@@H](NC(=O)OCC1c2ccccc2-c2ccccc21)c1cscn1. The van der Waals surface area contributed by atoms with Gasteiger partial charge < -0.3 is 15.2 Å². The first-order chi connectivity index (χ1) is 13.6. The number of rotatable bonds is 6. The van der Waals surface area contributed by atoms with E-state index in [1.165, 1.54) is 11.3 Å². The molecule has 1 amide bonds. The van der Waals surface area contributed by atoms with Crippen LogP contribution in [0.3, 0.4) is 0 Å². The number of carboxylic acid groups (broad SMARTS) is 1. The molecule has 0 fully saturated rings. The van der Waals surface area contributed by atoms with Crippen LogP contribution < -0.4 is 5.32 Å². The Morgan fingerprint density at radius 2 is 1.75 bits per heavy atom. The van der Waals surface area contributed by atoms with Crippen LogP contribution in [0.2, 0.25) is 0 Å². The van der Waals surface area contributed by atoms with Gasteiger partial charge in [0.25, 0.3) is 0 Å². The van der Waals surface area contributed by atoms with Crippen LogP contribution in [-0.4, -0.2) is 28.8 Å². The topological polar surface area (TPSA) is 88.5 Å². The molecule has 0 aliphatic heterocycles. The van der Waals surface area contributed by atoms with Crippen LogP contribution >= 0.6 is 11.3 Å². The molecule has 1 aliphatic carbocycles. The molecule has 0 radical (unpaired) electrons. The Balaban J connectivity index is 1.47. The van der Waals surface area contributed by atoms with E-state index in [0.717, 1.165) is 22.3 Å². The fourth-order valence-corrected chi connectivity index (χ4v) is 4.19. The lowest BCUT2D eigenvalue weighted by Crippen LogP contribution is -2.31. The number of hydrogen-bond acceptors (Lipinski definition) is 5. The number of nitrogens with one attached hydrogen (secondary N) is 1. The van der Waals surface area contributed by atoms with Crippen molar-refractivity contribution in [3.05, 3.63) is 76.2 Å². The largest absolute Gasteiger partial charge is 0.481 e. The molecular weight excluding hydrogens is 376 g/mol. The average molecular weight is 394 g/mol. The van der Waals surface area contributed by atoms with Gasteiger partial charge in [0.05, 0.1) is 23.7 Å². The zero-order valence-electron chi connectivity index (χ0n) is 14.9. The highest BCUT2D eigenvalue weighted by Gasteiger charge is 2.29. The van der Waals surface area contributed by atoms with E-state index in [4.69, 9.17) is 9.84 Å². The molecule has 28 heavy (non-hydrogen) atoms. The van der Waals surface area contributed by atoms with Crippen molar-refractivity contribution in [2.24, 2.45) is 0 Å². The highest BCUT2D eigenvalue weighted by molar-refractivity contribution is 7.07. The Hall–Kier alpha value is -3.19. The van der Waals surface area contributed by atoms with Crippen LogP contribution in [0.5, 0.6) is 0 Å². The fourth-order valence-electron chi connectivity index (χ4n) is 3.58. The van der Waals surface area contributed by atoms with Crippen molar-refractivity contribution in [1.29, 1.82) is 0 Å². The molecule has 1 atom stereocenters. The molecule has 6 nitrogen and oxygen atoms in total. The van der Waals surface area contributed by atoms with E-state index in [2.05, 4.69) is 22.4 Å². The highest BCUT2D eigenvalue weighted by Crippen LogP contribution is 2.44. The molecule has 4 rings (SSSR count). The second-order valence-corrected chi connectivity index (χ2v) is 7.25. The molecule has 2 N–H and O–H groups in total. The van der Waals surface area contributed by atoms with Crippen LogP contribution in [0.15, 0.2) is 59.4 Å².